The van der Waals surface area contributed by atoms with Gasteiger partial charge in [0.25, 0.3) is 0 Å². The first-order valence-electron chi connectivity index (χ1n) is 8.53. The Morgan fingerprint density at radius 1 is 0.955 bits per heavy atom. The lowest BCUT2D eigenvalue weighted by atomic mass is 9.90. The molecule has 0 saturated carbocycles. The molecule has 0 aliphatic carbocycles. The summed E-state index contributed by atoms with van der Waals surface area (Å²) in [5, 5.41) is 0. The fraction of sp³-hybridized carbons (Fsp3) is 0.429. The molecule has 2 aromatic rings. The predicted octanol–water partition coefficient (Wildman–Crippen LogP) is 4.76. The van der Waals surface area contributed by atoms with Gasteiger partial charge in [0.1, 0.15) is 0 Å². The summed E-state index contributed by atoms with van der Waals surface area (Å²) in [6, 6.07) is 17.8. The average Bonchev–Trinajstić information content (AvgIpc) is 2.54. The summed E-state index contributed by atoms with van der Waals surface area (Å²) in [6.45, 7) is 8.02. The third-order valence-corrected chi connectivity index (χ3v) is 4.97. The van der Waals surface area contributed by atoms with E-state index in [1.807, 2.05) is 0 Å². The van der Waals surface area contributed by atoms with Crippen LogP contribution >= 0.6 is 0 Å². The van der Waals surface area contributed by atoms with Gasteiger partial charge in [-0.2, -0.15) is 0 Å². The molecule has 0 bridgehead atoms. The number of nitrogens with zero attached hydrogens (tertiary/aromatic N) is 1. The lowest BCUT2D eigenvalue weighted by Crippen LogP contribution is -2.34. The van der Waals surface area contributed by atoms with E-state index in [-0.39, 0.29) is 0 Å². The summed E-state index contributed by atoms with van der Waals surface area (Å²) in [4.78, 5) is 2.63. The minimum absolute atomic E-state index is 0.859. The first kappa shape index (κ1) is 15.3. The maximum atomic E-state index is 2.63. The van der Waals surface area contributed by atoms with E-state index in [9.17, 15) is 0 Å². The predicted molar refractivity (Wildman–Crippen MR) is 94.1 cm³/mol. The summed E-state index contributed by atoms with van der Waals surface area (Å²) in [7, 11) is 0. The van der Waals surface area contributed by atoms with Crippen molar-refractivity contribution in [2.24, 2.45) is 5.92 Å². The molecule has 22 heavy (non-hydrogen) atoms. The number of rotatable bonds is 4. The number of piperidine rings is 1. The van der Waals surface area contributed by atoms with Gasteiger partial charge in [0.15, 0.2) is 0 Å². The molecule has 0 amide bonds. The molecule has 0 unspecified atom stereocenters. The molecule has 1 nitrogen and oxygen atoms in total. The zero-order valence-corrected chi connectivity index (χ0v) is 13.9. The topological polar surface area (TPSA) is 3.24 Å². The highest BCUT2D eigenvalue weighted by atomic mass is 15.1. The second kappa shape index (κ2) is 7.11. The lowest BCUT2D eigenvalue weighted by molar-refractivity contribution is 0.177. The van der Waals surface area contributed by atoms with Crippen molar-refractivity contribution in [2.75, 3.05) is 13.1 Å². The standard InChI is InChI=1S/C21H27N/c1-17-8-9-18(2)21(14-17)16-22-12-10-20(11-13-22)15-19-6-4-3-5-7-19/h3-9,14,20H,10-13,15-16H2,1-2H3. The molecule has 0 N–H and O–H groups in total. The van der Waals surface area contributed by atoms with E-state index >= 15 is 0 Å². The van der Waals surface area contributed by atoms with E-state index < -0.39 is 0 Å². The summed E-state index contributed by atoms with van der Waals surface area (Å²) in [5.74, 6) is 0.859. The van der Waals surface area contributed by atoms with Crippen molar-refractivity contribution in [2.45, 2.75) is 39.7 Å². The second-order valence-corrected chi connectivity index (χ2v) is 6.84. The second-order valence-electron chi connectivity index (χ2n) is 6.84. The fourth-order valence-electron chi connectivity index (χ4n) is 3.51. The largest absolute Gasteiger partial charge is 0.299 e. The van der Waals surface area contributed by atoms with E-state index in [2.05, 4.69) is 67.3 Å². The fourth-order valence-corrected chi connectivity index (χ4v) is 3.51. The monoisotopic (exact) mass is 293 g/mol. The van der Waals surface area contributed by atoms with Crippen LogP contribution < -0.4 is 0 Å². The van der Waals surface area contributed by atoms with Gasteiger partial charge in [-0.1, -0.05) is 54.1 Å². The van der Waals surface area contributed by atoms with E-state index in [0.29, 0.717) is 0 Å². The third-order valence-electron chi connectivity index (χ3n) is 4.97. The molecule has 2 aromatic carbocycles. The SMILES string of the molecule is Cc1ccc(C)c(CN2CCC(Cc3ccccc3)CC2)c1. The quantitative estimate of drug-likeness (QED) is 0.785. The highest BCUT2D eigenvalue weighted by Gasteiger charge is 2.19. The molecule has 1 aliphatic rings. The van der Waals surface area contributed by atoms with Crippen molar-refractivity contribution < 1.29 is 0 Å². The summed E-state index contributed by atoms with van der Waals surface area (Å²) in [5.41, 5.74) is 5.80. The van der Waals surface area contributed by atoms with Crippen LogP contribution in [-0.4, -0.2) is 18.0 Å². The molecule has 0 radical (unpaired) electrons. The molecule has 0 atom stereocenters. The van der Waals surface area contributed by atoms with Crippen molar-refractivity contribution in [1.29, 1.82) is 0 Å². The molecule has 1 fully saturated rings. The average molecular weight is 293 g/mol. The van der Waals surface area contributed by atoms with E-state index in [1.54, 1.807) is 0 Å². The maximum absolute atomic E-state index is 2.63. The molecule has 1 saturated heterocycles. The molecule has 0 aromatic heterocycles. The molecular weight excluding hydrogens is 266 g/mol. The van der Waals surface area contributed by atoms with Crippen molar-refractivity contribution >= 4 is 0 Å². The molecule has 1 heterocycles. The summed E-state index contributed by atoms with van der Waals surface area (Å²) < 4.78 is 0. The first-order chi connectivity index (χ1) is 10.7. The number of hydrogen-bond donors (Lipinski definition) is 0. The first-order valence-corrected chi connectivity index (χ1v) is 8.53. The van der Waals surface area contributed by atoms with Gasteiger partial charge in [0.05, 0.1) is 0 Å². The third kappa shape index (κ3) is 3.98. The van der Waals surface area contributed by atoms with Gasteiger partial charge in [0.2, 0.25) is 0 Å². The Balaban J connectivity index is 1.52. The molecule has 1 heteroatoms. The van der Waals surface area contributed by atoms with Crippen molar-refractivity contribution in [1.82, 2.24) is 4.90 Å². The Hall–Kier alpha value is -1.60. The zero-order valence-electron chi connectivity index (χ0n) is 13.9. The van der Waals surface area contributed by atoms with Crippen LogP contribution in [-0.2, 0) is 13.0 Å². The van der Waals surface area contributed by atoms with Crippen molar-refractivity contribution in [3.63, 3.8) is 0 Å². The van der Waals surface area contributed by atoms with Crippen LogP contribution in [0.25, 0.3) is 0 Å². The van der Waals surface area contributed by atoms with Crippen LogP contribution in [0.3, 0.4) is 0 Å². The van der Waals surface area contributed by atoms with E-state index in [1.165, 1.54) is 54.6 Å². The number of benzene rings is 2. The van der Waals surface area contributed by atoms with Gasteiger partial charge in [-0.15, -0.1) is 0 Å². The Kier molecular flexibility index (Phi) is 4.94. The van der Waals surface area contributed by atoms with E-state index in [4.69, 9.17) is 0 Å². The normalized spacial score (nSPS) is 16.8. The Bertz CT molecular complexity index is 595. The molecule has 0 spiro atoms. The number of hydrogen-bond acceptors (Lipinski definition) is 1. The van der Waals surface area contributed by atoms with E-state index in [0.717, 1.165) is 12.5 Å². The van der Waals surface area contributed by atoms with Gasteiger partial charge in [0, 0.05) is 6.54 Å². The van der Waals surface area contributed by atoms with Gasteiger partial charge in [-0.25, -0.2) is 0 Å². The van der Waals surface area contributed by atoms with Gasteiger partial charge in [-0.05, 0) is 68.8 Å². The summed E-state index contributed by atoms with van der Waals surface area (Å²) >= 11 is 0. The van der Waals surface area contributed by atoms with Crippen LogP contribution in [0, 0.1) is 19.8 Å². The van der Waals surface area contributed by atoms with Crippen LogP contribution in [0.5, 0.6) is 0 Å². The van der Waals surface area contributed by atoms with Gasteiger partial charge in [-0.3, -0.25) is 4.90 Å². The Morgan fingerprint density at radius 2 is 1.68 bits per heavy atom. The molecular formula is C21H27N. The minimum Gasteiger partial charge on any atom is -0.299 e. The van der Waals surface area contributed by atoms with Gasteiger partial charge >= 0.3 is 0 Å². The van der Waals surface area contributed by atoms with Crippen molar-refractivity contribution in [3.05, 3.63) is 70.8 Å². The van der Waals surface area contributed by atoms with Crippen LogP contribution in [0.1, 0.15) is 35.1 Å². The minimum atomic E-state index is 0.859. The summed E-state index contributed by atoms with van der Waals surface area (Å²) in [6.07, 6.45) is 3.91. The number of likely N-dealkylation sites (tertiary alicyclic amines) is 1. The highest BCUT2D eigenvalue weighted by molar-refractivity contribution is 5.30. The molecule has 1 aliphatic heterocycles. The highest BCUT2D eigenvalue weighted by Crippen LogP contribution is 2.23. The van der Waals surface area contributed by atoms with Crippen LogP contribution in [0.2, 0.25) is 0 Å². The smallest absolute Gasteiger partial charge is 0.0236 e. The Morgan fingerprint density at radius 3 is 2.41 bits per heavy atom. The van der Waals surface area contributed by atoms with Gasteiger partial charge < -0.3 is 0 Å². The van der Waals surface area contributed by atoms with Crippen LogP contribution in [0.15, 0.2) is 48.5 Å². The number of aryl methyl sites for hydroxylation is 2. The molecule has 116 valence electrons. The lowest BCUT2D eigenvalue weighted by Gasteiger charge is -2.32. The van der Waals surface area contributed by atoms with Crippen molar-refractivity contribution in [3.8, 4) is 0 Å². The Labute approximate surface area is 135 Å². The maximum Gasteiger partial charge on any atom is 0.0236 e. The molecule has 3 rings (SSSR count). The zero-order chi connectivity index (χ0) is 15.4. The van der Waals surface area contributed by atoms with Crippen LogP contribution in [0.4, 0.5) is 0 Å².